The molecule has 0 aliphatic heterocycles. The summed E-state index contributed by atoms with van der Waals surface area (Å²) in [6, 6.07) is 7.77. The van der Waals surface area contributed by atoms with E-state index in [1.54, 1.807) is 4.80 Å². The molecule has 0 saturated carbocycles. The van der Waals surface area contributed by atoms with Crippen molar-refractivity contribution >= 4 is 11.0 Å². The van der Waals surface area contributed by atoms with Gasteiger partial charge in [0.25, 0.3) is 0 Å². The van der Waals surface area contributed by atoms with Gasteiger partial charge in [-0.3, -0.25) is 0 Å². The van der Waals surface area contributed by atoms with Crippen LogP contribution in [0.15, 0.2) is 24.3 Å². The third-order valence-corrected chi connectivity index (χ3v) is 3.09. The zero-order chi connectivity index (χ0) is 12.8. The summed E-state index contributed by atoms with van der Waals surface area (Å²) in [6.07, 6.45) is 5.23. The fraction of sp³-hybridized carbons (Fsp3) is 0.571. The Morgan fingerprint density at radius 3 is 2.39 bits per heavy atom. The van der Waals surface area contributed by atoms with E-state index in [0.29, 0.717) is 6.54 Å². The molecule has 0 bridgehead atoms. The second-order valence-electron chi connectivity index (χ2n) is 4.75. The highest BCUT2D eigenvalue weighted by atomic mass is 16.3. The maximum Gasteiger partial charge on any atom is 0.113 e. The summed E-state index contributed by atoms with van der Waals surface area (Å²) in [5.41, 5.74) is 1.77. The minimum Gasteiger partial charge on any atom is -0.391 e. The molecule has 98 valence electrons. The first-order valence-electron chi connectivity index (χ1n) is 6.77. The van der Waals surface area contributed by atoms with Crippen LogP contribution in [0.2, 0.25) is 0 Å². The number of nitrogens with zero attached hydrogens (tertiary/aromatic N) is 3. The van der Waals surface area contributed by atoms with Crippen molar-refractivity contribution in [3.8, 4) is 0 Å². The molecule has 4 nitrogen and oxygen atoms in total. The second kappa shape index (κ2) is 6.50. The highest BCUT2D eigenvalue weighted by molar-refractivity contribution is 5.72. The van der Waals surface area contributed by atoms with Gasteiger partial charge in [-0.1, -0.05) is 44.7 Å². The van der Waals surface area contributed by atoms with Gasteiger partial charge >= 0.3 is 0 Å². The molecule has 1 unspecified atom stereocenters. The molecule has 0 aliphatic rings. The van der Waals surface area contributed by atoms with Gasteiger partial charge < -0.3 is 5.11 Å². The monoisotopic (exact) mass is 247 g/mol. The van der Waals surface area contributed by atoms with Gasteiger partial charge in [0.15, 0.2) is 0 Å². The number of benzene rings is 1. The van der Waals surface area contributed by atoms with Crippen LogP contribution in [0.1, 0.15) is 39.0 Å². The van der Waals surface area contributed by atoms with Crippen LogP contribution in [0.3, 0.4) is 0 Å². The molecule has 2 rings (SSSR count). The van der Waals surface area contributed by atoms with Crippen LogP contribution in [0, 0.1) is 0 Å². The Labute approximate surface area is 108 Å². The lowest BCUT2D eigenvalue weighted by molar-refractivity contribution is 0.131. The van der Waals surface area contributed by atoms with Crippen LogP contribution in [0.25, 0.3) is 11.0 Å². The van der Waals surface area contributed by atoms with Gasteiger partial charge in [0.2, 0.25) is 0 Å². The summed E-state index contributed by atoms with van der Waals surface area (Å²) in [4.78, 5) is 1.61. The Bertz CT molecular complexity index is 448. The first kappa shape index (κ1) is 13.0. The molecule has 0 fully saturated rings. The van der Waals surface area contributed by atoms with E-state index < -0.39 is 0 Å². The van der Waals surface area contributed by atoms with Gasteiger partial charge in [0, 0.05) is 0 Å². The van der Waals surface area contributed by atoms with Crippen LogP contribution in [-0.2, 0) is 6.54 Å². The topological polar surface area (TPSA) is 50.9 Å². The number of hydrogen-bond donors (Lipinski definition) is 1. The summed E-state index contributed by atoms with van der Waals surface area (Å²) in [7, 11) is 0. The van der Waals surface area contributed by atoms with Gasteiger partial charge in [-0.15, -0.1) is 0 Å². The molecule has 1 aromatic carbocycles. The number of rotatable bonds is 7. The lowest BCUT2D eigenvalue weighted by Crippen LogP contribution is -2.17. The highest BCUT2D eigenvalue weighted by Crippen LogP contribution is 2.10. The highest BCUT2D eigenvalue weighted by Gasteiger charge is 2.08. The van der Waals surface area contributed by atoms with Crippen LogP contribution >= 0.6 is 0 Å². The van der Waals surface area contributed by atoms with E-state index in [1.165, 1.54) is 19.3 Å². The molecule has 4 heteroatoms. The number of fused-ring (bicyclic) bond motifs is 1. The number of aromatic nitrogens is 3. The molecule has 0 spiro atoms. The fourth-order valence-corrected chi connectivity index (χ4v) is 2.07. The van der Waals surface area contributed by atoms with E-state index in [9.17, 15) is 5.11 Å². The first-order chi connectivity index (χ1) is 8.79. The average molecular weight is 247 g/mol. The molecule has 1 N–H and O–H groups in total. The largest absolute Gasteiger partial charge is 0.391 e. The number of hydrogen-bond acceptors (Lipinski definition) is 3. The fourth-order valence-electron chi connectivity index (χ4n) is 2.07. The molecule has 1 aromatic heterocycles. The van der Waals surface area contributed by atoms with Crippen molar-refractivity contribution < 1.29 is 5.11 Å². The quantitative estimate of drug-likeness (QED) is 0.765. The van der Waals surface area contributed by atoms with Gasteiger partial charge in [-0.25, -0.2) is 0 Å². The van der Waals surface area contributed by atoms with E-state index in [2.05, 4.69) is 17.1 Å². The van der Waals surface area contributed by atoms with Crippen molar-refractivity contribution in [1.29, 1.82) is 0 Å². The lowest BCUT2D eigenvalue weighted by atomic mass is 10.1. The SMILES string of the molecule is CCCCCCC(O)Cn1nc2ccccc2n1. The smallest absolute Gasteiger partial charge is 0.113 e. The molecule has 0 aliphatic carbocycles. The summed E-state index contributed by atoms with van der Waals surface area (Å²) in [5, 5.41) is 18.6. The van der Waals surface area contributed by atoms with Gasteiger partial charge in [0.05, 0.1) is 12.6 Å². The molecular formula is C14H21N3O. The third kappa shape index (κ3) is 3.53. The van der Waals surface area contributed by atoms with E-state index in [4.69, 9.17) is 0 Å². The molecular weight excluding hydrogens is 226 g/mol. The molecule has 1 heterocycles. The maximum atomic E-state index is 9.93. The average Bonchev–Trinajstić information content (AvgIpc) is 2.76. The Morgan fingerprint density at radius 2 is 1.78 bits per heavy atom. The minimum absolute atomic E-state index is 0.344. The summed E-state index contributed by atoms with van der Waals surface area (Å²) in [6.45, 7) is 2.68. The Kier molecular flexibility index (Phi) is 4.70. The lowest BCUT2D eigenvalue weighted by Gasteiger charge is -2.08. The van der Waals surface area contributed by atoms with Crippen molar-refractivity contribution in [3.05, 3.63) is 24.3 Å². The van der Waals surface area contributed by atoms with Gasteiger partial charge in [-0.2, -0.15) is 15.0 Å². The van der Waals surface area contributed by atoms with Crippen molar-refractivity contribution in [3.63, 3.8) is 0 Å². The van der Waals surface area contributed by atoms with Crippen molar-refractivity contribution in [2.75, 3.05) is 0 Å². The molecule has 2 aromatic rings. The molecule has 0 amide bonds. The third-order valence-electron chi connectivity index (χ3n) is 3.09. The normalized spacial score (nSPS) is 13.0. The Balaban J connectivity index is 1.84. The maximum absolute atomic E-state index is 9.93. The molecule has 18 heavy (non-hydrogen) atoms. The van der Waals surface area contributed by atoms with E-state index >= 15 is 0 Å². The number of aliphatic hydroxyl groups is 1. The second-order valence-corrected chi connectivity index (χ2v) is 4.75. The first-order valence-corrected chi connectivity index (χ1v) is 6.77. The van der Waals surface area contributed by atoms with Crippen molar-refractivity contribution in [2.45, 2.75) is 51.7 Å². The van der Waals surface area contributed by atoms with Crippen LogP contribution in [-0.4, -0.2) is 26.2 Å². The predicted octanol–water partition coefficient (Wildman–Crippen LogP) is 2.76. The van der Waals surface area contributed by atoms with Crippen LogP contribution < -0.4 is 0 Å². The summed E-state index contributed by atoms with van der Waals surface area (Å²) >= 11 is 0. The number of aliphatic hydroxyl groups excluding tert-OH is 1. The van der Waals surface area contributed by atoms with Gasteiger partial charge in [-0.05, 0) is 18.6 Å². The molecule has 0 saturated heterocycles. The zero-order valence-corrected chi connectivity index (χ0v) is 10.9. The standard InChI is InChI=1S/C14H21N3O/c1-2-3-4-5-8-12(18)11-17-15-13-9-6-7-10-14(13)16-17/h6-7,9-10,12,18H,2-5,8,11H2,1H3. The summed E-state index contributed by atoms with van der Waals surface area (Å²) < 4.78 is 0. The minimum atomic E-state index is -0.344. The van der Waals surface area contributed by atoms with Crippen LogP contribution in [0.5, 0.6) is 0 Å². The Morgan fingerprint density at radius 1 is 1.11 bits per heavy atom. The summed E-state index contributed by atoms with van der Waals surface area (Å²) in [5.74, 6) is 0. The van der Waals surface area contributed by atoms with Crippen molar-refractivity contribution in [1.82, 2.24) is 15.0 Å². The molecule has 1 atom stereocenters. The van der Waals surface area contributed by atoms with E-state index in [0.717, 1.165) is 23.9 Å². The van der Waals surface area contributed by atoms with E-state index in [-0.39, 0.29) is 6.10 Å². The van der Waals surface area contributed by atoms with E-state index in [1.807, 2.05) is 24.3 Å². The van der Waals surface area contributed by atoms with Gasteiger partial charge in [0.1, 0.15) is 11.0 Å². The van der Waals surface area contributed by atoms with Crippen LogP contribution in [0.4, 0.5) is 0 Å². The van der Waals surface area contributed by atoms with Crippen molar-refractivity contribution in [2.24, 2.45) is 0 Å². The zero-order valence-electron chi connectivity index (χ0n) is 10.9. The number of unbranched alkanes of at least 4 members (excludes halogenated alkanes) is 3. The molecule has 0 radical (unpaired) electrons. The Hall–Kier alpha value is -1.42. The predicted molar refractivity (Wildman–Crippen MR) is 72.3 cm³/mol.